The Morgan fingerprint density at radius 1 is 0.941 bits per heavy atom. The highest BCUT2D eigenvalue weighted by atomic mass is 127. The van der Waals surface area contributed by atoms with Crippen molar-refractivity contribution in [3.8, 4) is 0 Å². The number of likely N-dealkylation sites (tertiary alicyclic amines) is 1. The fraction of sp³-hybridized carbons (Fsp3) is 1.00. The quantitative estimate of drug-likeness (QED) is 0.483. The number of hydrogen-bond donors (Lipinski definition) is 1. The maximum absolute atomic E-state index is 10.4. The van der Waals surface area contributed by atoms with Crippen LogP contribution >= 0.6 is 0 Å². The van der Waals surface area contributed by atoms with Crippen molar-refractivity contribution in [1.82, 2.24) is 0 Å². The van der Waals surface area contributed by atoms with Crippen molar-refractivity contribution in [2.75, 3.05) is 20.1 Å². The van der Waals surface area contributed by atoms with Gasteiger partial charge in [0.2, 0.25) is 0 Å². The van der Waals surface area contributed by atoms with Crippen molar-refractivity contribution in [3.05, 3.63) is 0 Å². The molecule has 4 unspecified atom stereocenters. The van der Waals surface area contributed by atoms with Crippen LogP contribution in [0.25, 0.3) is 0 Å². The summed E-state index contributed by atoms with van der Waals surface area (Å²) in [7, 11) is 2.44. The zero-order valence-electron chi connectivity index (χ0n) is 10.9. The highest BCUT2D eigenvalue weighted by molar-refractivity contribution is 4.92. The SMILES string of the molecule is C[N+]1(C2CCC3CCCC2C3O)CCCC1.[I-]. The average molecular weight is 351 g/mol. The van der Waals surface area contributed by atoms with Gasteiger partial charge in [-0.3, -0.25) is 0 Å². The number of nitrogens with zero attached hydrogens (tertiary/aromatic N) is 1. The van der Waals surface area contributed by atoms with Gasteiger partial charge in [-0.25, -0.2) is 0 Å². The van der Waals surface area contributed by atoms with Gasteiger partial charge in [-0.15, -0.1) is 0 Å². The molecule has 0 amide bonds. The van der Waals surface area contributed by atoms with Crippen LogP contribution in [0.3, 0.4) is 0 Å². The maximum Gasteiger partial charge on any atom is 0.0941 e. The number of rotatable bonds is 1. The van der Waals surface area contributed by atoms with E-state index < -0.39 is 0 Å². The summed E-state index contributed by atoms with van der Waals surface area (Å²) in [5.41, 5.74) is 0. The van der Waals surface area contributed by atoms with Gasteiger partial charge in [-0.2, -0.15) is 0 Å². The first-order valence-electron chi connectivity index (χ1n) is 7.23. The Labute approximate surface area is 122 Å². The van der Waals surface area contributed by atoms with Crippen LogP contribution in [0.2, 0.25) is 0 Å². The summed E-state index contributed by atoms with van der Waals surface area (Å²) in [5, 5.41) is 10.4. The monoisotopic (exact) mass is 351 g/mol. The number of halogens is 1. The predicted octanol–water partition coefficient (Wildman–Crippen LogP) is -0.830. The van der Waals surface area contributed by atoms with E-state index in [4.69, 9.17) is 0 Å². The van der Waals surface area contributed by atoms with E-state index >= 15 is 0 Å². The zero-order chi connectivity index (χ0) is 11.2. The minimum Gasteiger partial charge on any atom is -1.00 e. The minimum absolute atomic E-state index is 0. The highest BCUT2D eigenvalue weighted by Gasteiger charge is 2.49. The molecule has 17 heavy (non-hydrogen) atoms. The topological polar surface area (TPSA) is 20.2 Å². The van der Waals surface area contributed by atoms with E-state index in [1.165, 1.54) is 62.5 Å². The Hall–Kier alpha value is 0.650. The molecule has 0 radical (unpaired) electrons. The molecule has 100 valence electrons. The van der Waals surface area contributed by atoms with Gasteiger partial charge >= 0.3 is 0 Å². The summed E-state index contributed by atoms with van der Waals surface area (Å²) in [6, 6.07) is 0.772. The van der Waals surface area contributed by atoms with E-state index in [2.05, 4.69) is 7.05 Å². The van der Waals surface area contributed by atoms with Gasteiger partial charge < -0.3 is 33.6 Å². The van der Waals surface area contributed by atoms with Gasteiger partial charge in [0.05, 0.1) is 32.3 Å². The average Bonchev–Trinajstić information content (AvgIpc) is 2.65. The number of aliphatic hydroxyl groups excluding tert-OH is 1. The molecule has 0 aromatic rings. The molecule has 0 aromatic carbocycles. The van der Waals surface area contributed by atoms with Crippen molar-refractivity contribution in [3.63, 3.8) is 0 Å². The second-order valence-electron chi connectivity index (χ2n) is 6.62. The van der Waals surface area contributed by atoms with Crippen LogP contribution in [0.1, 0.15) is 44.9 Å². The van der Waals surface area contributed by atoms with Crippen LogP contribution in [-0.4, -0.2) is 41.9 Å². The van der Waals surface area contributed by atoms with Crippen molar-refractivity contribution >= 4 is 0 Å². The lowest BCUT2D eigenvalue weighted by molar-refractivity contribution is -0.928. The van der Waals surface area contributed by atoms with E-state index in [-0.39, 0.29) is 30.1 Å². The first-order valence-corrected chi connectivity index (χ1v) is 7.23. The first-order chi connectivity index (χ1) is 7.71. The maximum atomic E-state index is 10.4. The third-order valence-electron chi connectivity index (χ3n) is 5.75. The lowest BCUT2D eigenvalue weighted by Crippen LogP contribution is -3.00. The lowest BCUT2D eigenvalue weighted by Gasteiger charge is -2.50. The second kappa shape index (κ2) is 5.33. The summed E-state index contributed by atoms with van der Waals surface area (Å²) >= 11 is 0. The fourth-order valence-electron chi connectivity index (χ4n) is 4.80. The molecular formula is C14H26INO. The smallest absolute Gasteiger partial charge is 0.0941 e. The summed E-state index contributed by atoms with van der Waals surface area (Å²) in [6.07, 6.45) is 9.44. The normalized spacial score (nSPS) is 44.1. The number of aliphatic hydroxyl groups is 1. The van der Waals surface area contributed by atoms with Crippen LogP contribution in [-0.2, 0) is 0 Å². The van der Waals surface area contributed by atoms with Gasteiger partial charge in [0.25, 0.3) is 0 Å². The minimum atomic E-state index is 0. The van der Waals surface area contributed by atoms with Crippen LogP contribution in [0, 0.1) is 11.8 Å². The molecule has 1 aliphatic heterocycles. The predicted molar refractivity (Wildman–Crippen MR) is 65.0 cm³/mol. The van der Waals surface area contributed by atoms with Gasteiger partial charge in [0.15, 0.2) is 0 Å². The van der Waals surface area contributed by atoms with E-state index in [0.29, 0.717) is 11.8 Å². The molecule has 3 fully saturated rings. The molecule has 3 heteroatoms. The van der Waals surface area contributed by atoms with Gasteiger partial charge in [-0.05, 0) is 25.2 Å². The van der Waals surface area contributed by atoms with Crippen LogP contribution in [0.4, 0.5) is 0 Å². The molecule has 2 aliphatic carbocycles. The molecule has 1 N–H and O–H groups in total. The van der Waals surface area contributed by atoms with Crippen molar-refractivity contribution in [1.29, 1.82) is 0 Å². The molecule has 1 saturated heterocycles. The number of quaternary nitrogens is 1. The molecule has 4 atom stereocenters. The van der Waals surface area contributed by atoms with Crippen molar-refractivity contribution < 1.29 is 33.6 Å². The van der Waals surface area contributed by atoms with Gasteiger partial charge in [0.1, 0.15) is 0 Å². The standard InChI is InChI=1S/C14H26NO.HI/c1-15(9-2-3-10-15)13-8-7-11-5-4-6-12(13)14(11)16;/h11-14,16H,2-10H2,1H3;1H/q+1;/p-1. The van der Waals surface area contributed by atoms with Crippen LogP contribution in [0.15, 0.2) is 0 Å². The van der Waals surface area contributed by atoms with Gasteiger partial charge in [0, 0.05) is 25.2 Å². The second-order valence-corrected chi connectivity index (χ2v) is 6.62. The summed E-state index contributed by atoms with van der Waals surface area (Å²) < 4.78 is 1.27. The summed E-state index contributed by atoms with van der Waals surface area (Å²) in [4.78, 5) is 0. The summed E-state index contributed by atoms with van der Waals surface area (Å²) in [5.74, 6) is 1.26. The van der Waals surface area contributed by atoms with E-state index in [0.717, 1.165) is 6.04 Å². The van der Waals surface area contributed by atoms with Crippen molar-refractivity contribution in [2.24, 2.45) is 11.8 Å². The lowest BCUT2D eigenvalue weighted by atomic mass is 9.67. The Morgan fingerprint density at radius 2 is 1.65 bits per heavy atom. The van der Waals surface area contributed by atoms with E-state index in [1.807, 2.05) is 0 Å². The molecule has 2 bridgehead atoms. The van der Waals surface area contributed by atoms with Crippen LogP contribution < -0.4 is 24.0 Å². The number of fused-ring (bicyclic) bond motifs is 2. The molecule has 2 nitrogen and oxygen atoms in total. The highest BCUT2D eigenvalue weighted by Crippen LogP contribution is 2.44. The Bertz CT molecular complexity index is 265. The van der Waals surface area contributed by atoms with Crippen molar-refractivity contribution in [2.45, 2.75) is 57.1 Å². The first kappa shape index (κ1) is 14.1. The molecule has 1 heterocycles. The van der Waals surface area contributed by atoms with E-state index in [9.17, 15) is 5.11 Å². The Kier molecular flexibility index (Phi) is 4.41. The Morgan fingerprint density at radius 3 is 2.35 bits per heavy atom. The largest absolute Gasteiger partial charge is 1.00 e. The summed E-state index contributed by atoms with van der Waals surface area (Å²) in [6.45, 7) is 2.72. The van der Waals surface area contributed by atoms with Gasteiger partial charge in [-0.1, -0.05) is 6.42 Å². The molecule has 3 rings (SSSR count). The molecule has 0 aromatic heterocycles. The molecule has 3 aliphatic rings. The Balaban J connectivity index is 0.00000108. The third-order valence-corrected chi connectivity index (χ3v) is 5.75. The molecular weight excluding hydrogens is 325 g/mol. The third kappa shape index (κ3) is 2.39. The molecule has 0 spiro atoms. The molecule has 2 saturated carbocycles. The number of hydrogen-bond acceptors (Lipinski definition) is 1. The fourth-order valence-corrected chi connectivity index (χ4v) is 4.80. The zero-order valence-corrected chi connectivity index (χ0v) is 13.1. The van der Waals surface area contributed by atoms with E-state index in [1.54, 1.807) is 0 Å². The van der Waals surface area contributed by atoms with Crippen LogP contribution in [0.5, 0.6) is 0 Å².